The molecule has 0 bridgehead atoms. The summed E-state index contributed by atoms with van der Waals surface area (Å²) in [6, 6.07) is 27.2. The minimum absolute atomic E-state index is 0.181. The van der Waals surface area contributed by atoms with Crippen LogP contribution in [0.15, 0.2) is 89.6 Å². The van der Waals surface area contributed by atoms with Crippen LogP contribution in [0.5, 0.6) is 0 Å². The first kappa shape index (κ1) is 16.9. The smallest absolute Gasteiger partial charge is 0.0695 e. The first-order valence-electron chi connectivity index (χ1n) is 10.7. The highest BCUT2D eigenvalue weighted by atomic mass is 14.9. The summed E-state index contributed by atoms with van der Waals surface area (Å²) in [4.78, 5) is 0. The van der Waals surface area contributed by atoms with Crippen molar-refractivity contribution in [1.82, 2.24) is 5.32 Å². The number of fused-ring (bicyclic) bond motifs is 9. The van der Waals surface area contributed by atoms with Crippen LogP contribution in [0.3, 0.4) is 0 Å². The minimum atomic E-state index is -0.181. The van der Waals surface area contributed by atoms with Crippen LogP contribution in [0.2, 0.25) is 0 Å². The molecule has 29 heavy (non-hydrogen) atoms. The Morgan fingerprint density at radius 3 is 1.76 bits per heavy atom. The summed E-state index contributed by atoms with van der Waals surface area (Å²) < 4.78 is 0. The monoisotopic (exact) mass is 375 g/mol. The van der Waals surface area contributed by atoms with Gasteiger partial charge in [-0.3, -0.25) is 0 Å². The fourth-order valence-corrected chi connectivity index (χ4v) is 6.45. The van der Waals surface area contributed by atoms with E-state index < -0.39 is 0 Å². The number of hydrogen-bond donors (Lipinski definition) is 1. The molecule has 1 spiro atoms. The fraction of sp³-hybridized carbons (Fsp3) is 0.214. The van der Waals surface area contributed by atoms with Crippen molar-refractivity contribution < 1.29 is 0 Å². The lowest BCUT2D eigenvalue weighted by atomic mass is 9.65. The second-order valence-electron chi connectivity index (χ2n) is 8.44. The first-order valence-corrected chi connectivity index (χ1v) is 10.7. The molecule has 3 aliphatic rings. The predicted molar refractivity (Wildman–Crippen MR) is 121 cm³/mol. The lowest BCUT2D eigenvalue weighted by molar-refractivity contribution is 0.599. The molecule has 3 aliphatic carbocycles. The molecule has 1 atom stereocenters. The van der Waals surface area contributed by atoms with Gasteiger partial charge >= 0.3 is 0 Å². The molecular formula is C28H25N. The standard InChI is InChI=1S/C28H25N/c1-4-18-17(2)27(29-3)25-21-13-7-10-16-24(21)28(26(18)25)22-14-8-5-11-19(22)20-12-6-9-15-23(20)28/h5-16,18,29H,4H2,1-3H3. The number of benzene rings is 3. The molecule has 1 N–H and O–H groups in total. The quantitative estimate of drug-likeness (QED) is 0.554. The molecule has 0 aliphatic heterocycles. The van der Waals surface area contributed by atoms with Gasteiger partial charge in [-0.25, -0.2) is 0 Å². The van der Waals surface area contributed by atoms with Gasteiger partial charge in [0.2, 0.25) is 0 Å². The van der Waals surface area contributed by atoms with E-state index in [2.05, 4.69) is 99.0 Å². The third-order valence-corrected chi connectivity index (χ3v) is 7.40. The van der Waals surface area contributed by atoms with Crippen LogP contribution in [-0.2, 0) is 5.41 Å². The van der Waals surface area contributed by atoms with Gasteiger partial charge in [-0.05, 0) is 57.9 Å². The van der Waals surface area contributed by atoms with E-state index in [0.29, 0.717) is 5.92 Å². The molecule has 0 saturated carbocycles. The number of allylic oxidation sites excluding steroid dienone is 3. The van der Waals surface area contributed by atoms with Crippen LogP contribution in [0, 0.1) is 5.92 Å². The van der Waals surface area contributed by atoms with Crippen molar-refractivity contribution in [3.8, 4) is 11.1 Å². The molecule has 142 valence electrons. The normalized spacial score (nSPS) is 20.0. The zero-order chi connectivity index (χ0) is 19.8. The molecule has 3 aromatic carbocycles. The van der Waals surface area contributed by atoms with Crippen molar-refractivity contribution in [2.45, 2.75) is 25.7 Å². The Bertz CT molecular complexity index is 1190. The van der Waals surface area contributed by atoms with Crippen LogP contribution >= 0.6 is 0 Å². The maximum Gasteiger partial charge on any atom is 0.0695 e. The second-order valence-corrected chi connectivity index (χ2v) is 8.44. The Balaban J connectivity index is 1.82. The van der Waals surface area contributed by atoms with E-state index in [1.54, 1.807) is 5.57 Å². The van der Waals surface area contributed by atoms with Crippen molar-refractivity contribution in [3.05, 3.63) is 112 Å². The summed E-state index contributed by atoms with van der Waals surface area (Å²) >= 11 is 0. The molecule has 0 aromatic heterocycles. The van der Waals surface area contributed by atoms with Gasteiger partial charge in [-0.2, -0.15) is 0 Å². The van der Waals surface area contributed by atoms with Gasteiger partial charge in [0.1, 0.15) is 0 Å². The topological polar surface area (TPSA) is 12.0 Å². The number of likely N-dealkylation sites (N-methyl/N-ethyl adjacent to an activating group) is 1. The van der Waals surface area contributed by atoms with E-state index >= 15 is 0 Å². The SMILES string of the molecule is CCC1C(C)=C(NC)C2=C1C1(c3ccccc32)c2ccccc2-c2ccccc21. The van der Waals surface area contributed by atoms with Crippen LogP contribution in [0.4, 0.5) is 0 Å². The zero-order valence-electron chi connectivity index (χ0n) is 17.2. The van der Waals surface area contributed by atoms with Gasteiger partial charge < -0.3 is 5.32 Å². The minimum Gasteiger partial charge on any atom is -0.388 e. The lowest BCUT2D eigenvalue weighted by Gasteiger charge is -2.35. The molecule has 1 nitrogen and oxygen atoms in total. The third kappa shape index (κ3) is 1.78. The largest absolute Gasteiger partial charge is 0.388 e. The van der Waals surface area contributed by atoms with Crippen molar-refractivity contribution >= 4 is 5.57 Å². The Morgan fingerprint density at radius 2 is 1.24 bits per heavy atom. The van der Waals surface area contributed by atoms with Crippen molar-refractivity contribution in [2.24, 2.45) is 5.92 Å². The molecule has 0 fully saturated rings. The average molecular weight is 376 g/mol. The van der Waals surface area contributed by atoms with Crippen molar-refractivity contribution in [2.75, 3.05) is 7.05 Å². The van der Waals surface area contributed by atoms with Gasteiger partial charge in [-0.1, -0.05) is 79.7 Å². The first-order chi connectivity index (χ1) is 14.2. The summed E-state index contributed by atoms with van der Waals surface area (Å²) in [7, 11) is 2.08. The fourth-order valence-electron chi connectivity index (χ4n) is 6.45. The lowest BCUT2D eigenvalue weighted by Crippen LogP contribution is -2.30. The third-order valence-electron chi connectivity index (χ3n) is 7.40. The average Bonchev–Trinajstić information content (AvgIpc) is 3.34. The molecule has 6 rings (SSSR count). The molecular weight excluding hydrogens is 350 g/mol. The summed E-state index contributed by atoms with van der Waals surface area (Å²) in [6.45, 7) is 4.65. The van der Waals surface area contributed by atoms with Gasteiger partial charge in [-0.15, -0.1) is 0 Å². The maximum atomic E-state index is 3.57. The zero-order valence-corrected chi connectivity index (χ0v) is 17.2. The van der Waals surface area contributed by atoms with Crippen LogP contribution in [0.1, 0.15) is 42.5 Å². The summed E-state index contributed by atoms with van der Waals surface area (Å²) in [5, 5.41) is 3.57. The van der Waals surface area contributed by atoms with Gasteiger partial charge in [0.05, 0.1) is 5.41 Å². The number of nitrogens with one attached hydrogen (secondary N) is 1. The highest BCUT2D eigenvalue weighted by Gasteiger charge is 2.56. The molecule has 0 saturated heterocycles. The summed E-state index contributed by atoms with van der Waals surface area (Å²) in [5.41, 5.74) is 14.2. The molecule has 1 unspecified atom stereocenters. The Kier molecular flexibility index (Phi) is 3.33. The van der Waals surface area contributed by atoms with E-state index in [1.807, 2.05) is 0 Å². The summed E-state index contributed by atoms with van der Waals surface area (Å²) in [6.07, 6.45) is 1.12. The molecule has 1 heteroatoms. The van der Waals surface area contributed by atoms with Gasteiger partial charge in [0.25, 0.3) is 0 Å². The highest BCUT2D eigenvalue weighted by Crippen LogP contribution is 2.66. The van der Waals surface area contributed by atoms with Gasteiger partial charge in [0.15, 0.2) is 0 Å². The number of hydrogen-bond acceptors (Lipinski definition) is 1. The van der Waals surface area contributed by atoms with E-state index in [4.69, 9.17) is 0 Å². The Morgan fingerprint density at radius 1 is 0.759 bits per heavy atom. The van der Waals surface area contributed by atoms with Crippen molar-refractivity contribution in [3.63, 3.8) is 0 Å². The predicted octanol–water partition coefficient (Wildman–Crippen LogP) is 6.30. The second kappa shape index (κ2) is 5.73. The van der Waals surface area contributed by atoms with Crippen LogP contribution in [0.25, 0.3) is 16.7 Å². The van der Waals surface area contributed by atoms with Gasteiger partial charge in [0, 0.05) is 24.2 Å². The van der Waals surface area contributed by atoms with E-state index in [9.17, 15) is 0 Å². The molecule has 0 amide bonds. The van der Waals surface area contributed by atoms with Crippen LogP contribution < -0.4 is 5.32 Å². The number of rotatable bonds is 2. The molecule has 0 radical (unpaired) electrons. The molecule has 3 aromatic rings. The summed E-state index contributed by atoms with van der Waals surface area (Å²) in [5.74, 6) is 0.457. The highest BCUT2D eigenvalue weighted by molar-refractivity contribution is 6.00. The Labute approximate surface area is 172 Å². The van der Waals surface area contributed by atoms with Crippen molar-refractivity contribution in [1.29, 1.82) is 0 Å². The molecule has 0 heterocycles. The Hall–Kier alpha value is -3.06. The van der Waals surface area contributed by atoms with E-state index in [-0.39, 0.29) is 5.41 Å². The van der Waals surface area contributed by atoms with E-state index in [0.717, 1.165) is 6.42 Å². The van der Waals surface area contributed by atoms with Crippen LogP contribution in [-0.4, -0.2) is 7.05 Å². The van der Waals surface area contributed by atoms with E-state index in [1.165, 1.54) is 50.2 Å². The maximum absolute atomic E-state index is 3.57.